The van der Waals surface area contributed by atoms with Crippen molar-refractivity contribution in [2.45, 2.75) is 51.7 Å². The lowest BCUT2D eigenvalue weighted by atomic mass is 9.75. The van der Waals surface area contributed by atoms with Crippen molar-refractivity contribution >= 4 is 0 Å². The zero-order valence-electron chi connectivity index (χ0n) is 11.2. The number of likely N-dealkylation sites (N-methyl/N-ethyl adjacent to an activating group) is 1. The first-order chi connectivity index (χ1) is 7.44. The van der Waals surface area contributed by atoms with Gasteiger partial charge in [-0.3, -0.25) is 0 Å². The van der Waals surface area contributed by atoms with Crippen molar-refractivity contribution in [3.63, 3.8) is 0 Å². The monoisotopic (exact) mass is 229 g/mol. The molecule has 0 aromatic carbocycles. The highest BCUT2D eigenvalue weighted by molar-refractivity contribution is 4.83. The molecule has 0 saturated heterocycles. The van der Waals surface area contributed by atoms with E-state index in [1.54, 1.807) is 7.11 Å². The van der Waals surface area contributed by atoms with Gasteiger partial charge in [-0.2, -0.15) is 0 Å². The van der Waals surface area contributed by atoms with E-state index in [1.165, 1.54) is 25.7 Å². The predicted octanol–water partition coefficient (Wildman–Crippen LogP) is 1.89. The summed E-state index contributed by atoms with van der Waals surface area (Å²) in [4.78, 5) is 2.29. The van der Waals surface area contributed by atoms with E-state index in [0.29, 0.717) is 18.1 Å². The Morgan fingerprint density at radius 1 is 1.38 bits per heavy atom. The number of rotatable bonds is 5. The molecule has 0 amide bonds. The number of hydrogen-bond donors (Lipinski definition) is 1. The Morgan fingerprint density at radius 3 is 2.44 bits per heavy atom. The number of hydrogen-bond acceptors (Lipinski definition) is 3. The molecular formula is C13H27NO2. The SMILES string of the molecule is COCC(O)CN(C)C1CCC(C)(C)CC1. The molecule has 1 fully saturated rings. The number of nitrogens with zero attached hydrogens (tertiary/aromatic N) is 1. The predicted molar refractivity (Wildman–Crippen MR) is 66.5 cm³/mol. The largest absolute Gasteiger partial charge is 0.389 e. The van der Waals surface area contributed by atoms with E-state index in [4.69, 9.17) is 4.74 Å². The Kier molecular flexibility index (Phi) is 5.22. The fourth-order valence-corrected chi connectivity index (χ4v) is 2.55. The van der Waals surface area contributed by atoms with Crippen LogP contribution >= 0.6 is 0 Å². The summed E-state index contributed by atoms with van der Waals surface area (Å²) in [5.74, 6) is 0. The summed E-state index contributed by atoms with van der Waals surface area (Å²) in [6, 6.07) is 0.638. The van der Waals surface area contributed by atoms with Crippen LogP contribution in [-0.2, 0) is 4.74 Å². The van der Waals surface area contributed by atoms with Gasteiger partial charge in [-0.15, -0.1) is 0 Å². The van der Waals surface area contributed by atoms with Crippen LogP contribution in [0.4, 0.5) is 0 Å². The molecule has 0 spiro atoms. The Balaban J connectivity index is 2.30. The Hall–Kier alpha value is -0.120. The molecule has 0 heterocycles. The Morgan fingerprint density at radius 2 is 1.94 bits per heavy atom. The highest BCUT2D eigenvalue weighted by atomic mass is 16.5. The van der Waals surface area contributed by atoms with Gasteiger partial charge in [0.1, 0.15) is 0 Å². The second kappa shape index (κ2) is 5.99. The first kappa shape index (κ1) is 13.9. The van der Waals surface area contributed by atoms with Gasteiger partial charge < -0.3 is 14.7 Å². The van der Waals surface area contributed by atoms with Crippen LogP contribution in [0.2, 0.25) is 0 Å². The molecule has 1 rings (SSSR count). The molecule has 0 aromatic heterocycles. The van der Waals surface area contributed by atoms with Gasteiger partial charge in [0.15, 0.2) is 0 Å². The molecule has 0 radical (unpaired) electrons. The summed E-state index contributed by atoms with van der Waals surface area (Å²) in [7, 11) is 3.74. The molecule has 1 unspecified atom stereocenters. The maximum Gasteiger partial charge on any atom is 0.0900 e. The minimum absolute atomic E-state index is 0.357. The lowest BCUT2D eigenvalue weighted by Crippen LogP contribution is -2.42. The normalized spacial score (nSPS) is 23.6. The molecule has 1 aliphatic rings. The fraction of sp³-hybridized carbons (Fsp3) is 1.00. The zero-order valence-corrected chi connectivity index (χ0v) is 11.2. The van der Waals surface area contributed by atoms with E-state index in [0.717, 1.165) is 6.54 Å². The summed E-state index contributed by atoms with van der Waals surface area (Å²) in [6.45, 7) is 5.85. The molecule has 0 bridgehead atoms. The van der Waals surface area contributed by atoms with Gasteiger partial charge in [0.2, 0.25) is 0 Å². The van der Waals surface area contributed by atoms with Crippen LogP contribution in [0.1, 0.15) is 39.5 Å². The van der Waals surface area contributed by atoms with E-state index in [9.17, 15) is 5.11 Å². The van der Waals surface area contributed by atoms with E-state index in [2.05, 4.69) is 25.8 Å². The molecule has 96 valence electrons. The van der Waals surface area contributed by atoms with Crippen molar-refractivity contribution in [3.05, 3.63) is 0 Å². The minimum atomic E-state index is -0.357. The lowest BCUT2D eigenvalue weighted by molar-refractivity contribution is 0.0240. The average Bonchev–Trinajstić information content (AvgIpc) is 2.17. The van der Waals surface area contributed by atoms with E-state index in [-0.39, 0.29) is 6.10 Å². The van der Waals surface area contributed by atoms with E-state index < -0.39 is 0 Å². The summed E-state index contributed by atoms with van der Waals surface area (Å²) in [5, 5.41) is 9.69. The van der Waals surface area contributed by atoms with Gasteiger partial charge in [-0.05, 0) is 38.1 Å². The highest BCUT2D eigenvalue weighted by Crippen LogP contribution is 2.36. The molecule has 1 saturated carbocycles. The fourth-order valence-electron chi connectivity index (χ4n) is 2.55. The first-order valence-electron chi connectivity index (χ1n) is 6.32. The van der Waals surface area contributed by atoms with Gasteiger partial charge in [0.05, 0.1) is 12.7 Å². The van der Waals surface area contributed by atoms with Crippen LogP contribution in [0.25, 0.3) is 0 Å². The maximum absolute atomic E-state index is 9.69. The number of ether oxygens (including phenoxy) is 1. The average molecular weight is 229 g/mol. The van der Waals surface area contributed by atoms with Crippen molar-refractivity contribution in [1.82, 2.24) is 4.90 Å². The van der Waals surface area contributed by atoms with Crippen molar-refractivity contribution in [2.24, 2.45) is 5.41 Å². The number of aliphatic hydroxyl groups excluding tert-OH is 1. The molecular weight excluding hydrogens is 202 g/mol. The highest BCUT2D eigenvalue weighted by Gasteiger charge is 2.29. The number of methoxy groups -OCH3 is 1. The van der Waals surface area contributed by atoms with Crippen LogP contribution < -0.4 is 0 Å². The van der Waals surface area contributed by atoms with Gasteiger partial charge >= 0.3 is 0 Å². The standard InChI is InChI=1S/C13H27NO2/c1-13(2)7-5-11(6-8-13)14(3)9-12(15)10-16-4/h11-12,15H,5-10H2,1-4H3. The Bertz CT molecular complexity index is 196. The van der Waals surface area contributed by atoms with Gasteiger partial charge in [-0.1, -0.05) is 13.8 Å². The molecule has 1 N–H and O–H groups in total. The minimum Gasteiger partial charge on any atom is -0.389 e. The van der Waals surface area contributed by atoms with E-state index in [1.807, 2.05) is 0 Å². The third-order valence-corrected chi connectivity index (χ3v) is 3.79. The lowest BCUT2D eigenvalue weighted by Gasteiger charge is -2.39. The van der Waals surface area contributed by atoms with Gasteiger partial charge in [0, 0.05) is 19.7 Å². The zero-order chi connectivity index (χ0) is 12.2. The third-order valence-electron chi connectivity index (χ3n) is 3.79. The molecule has 16 heavy (non-hydrogen) atoms. The van der Waals surface area contributed by atoms with Crippen LogP contribution in [0.15, 0.2) is 0 Å². The summed E-state index contributed by atoms with van der Waals surface area (Å²) in [5.41, 5.74) is 0.516. The molecule has 1 atom stereocenters. The van der Waals surface area contributed by atoms with Crippen molar-refractivity contribution in [3.8, 4) is 0 Å². The van der Waals surface area contributed by atoms with Crippen molar-refractivity contribution < 1.29 is 9.84 Å². The summed E-state index contributed by atoms with van der Waals surface area (Å²) < 4.78 is 4.95. The van der Waals surface area contributed by atoms with E-state index >= 15 is 0 Å². The van der Waals surface area contributed by atoms with Gasteiger partial charge in [-0.25, -0.2) is 0 Å². The third kappa shape index (κ3) is 4.40. The summed E-state index contributed by atoms with van der Waals surface area (Å²) in [6.07, 6.45) is 4.74. The smallest absolute Gasteiger partial charge is 0.0900 e. The quantitative estimate of drug-likeness (QED) is 0.781. The molecule has 1 aliphatic carbocycles. The molecule has 0 aliphatic heterocycles. The van der Waals surface area contributed by atoms with Gasteiger partial charge in [0.25, 0.3) is 0 Å². The molecule has 3 nitrogen and oxygen atoms in total. The van der Waals surface area contributed by atoms with Crippen molar-refractivity contribution in [1.29, 1.82) is 0 Å². The number of aliphatic hydroxyl groups is 1. The van der Waals surface area contributed by atoms with Crippen LogP contribution in [-0.4, -0.2) is 49.5 Å². The first-order valence-corrected chi connectivity index (χ1v) is 6.32. The topological polar surface area (TPSA) is 32.7 Å². The second-order valence-corrected chi connectivity index (χ2v) is 5.94. The van der Waals surface area contributed by atoms with Crippen molar-refractivity contribution in [2.75, 3.05) is 27.3 Å². The van der Waals surface area contributed by atoms with Crippen LogP contribution in [0, 0.1) is 5.41 Å². The Labute approximate surface area is 99.8 Å². The maximum atomic E-state index is 9.69. The van der Waals surface area contributed by atoms with Crippen LogP contribution in [0.3, 0.4) is 0 Å². The second-order valence-electron chi connectivity index (χ2n) is 5.94. The van der Waals surface area contributed by atoms with Crippen LogP contribution in [0.5, 0.6) is 0 Å². The molecule has 0 aromatic rings. The molecule has 3 heteroatoms. The summed E-state index contributed by atoms with van der Waals surface area (Å²) >= 11 is 0.